The minimum absolute atomic E-state index is 0.0413. The van der Waals surface area contributed by atoms with Crippen LogP contribution >= 0.6 is 0 Å². The lowest BCUT2D eigenvalue weighted by molar-refractivity contribution is -0.123. The monoisotopic (exact) mass is 492 g/mol. The van der Waals surface area contributed by atoms with Gasteiger partial charge in [0.15, 0.2) is 0 Å². The van der Waals surface area contributed by atoms with Gasteiger partial charge in [0.2, 0.25) is 5.91 Å². The molecule has 33 heavy (non-hydrogen) atoms. The number of imide groups is 1. The Morgan fingerprint density at radius 2 is 1.45 bits per heavy atom. The zero-order valence-corrected chi connectivity index (χ0v) is 18.4. The lowest BCUT2D eigenvalue weighted by Gasteiger charge is -2.09. The fourth-order valence-corrected chi connectivity index (χ4v) is 4.47. The van der Waals surface area contributed by atoms with Crippen LogP contribution in [0.2, 0.25) is 0 Å². The molecule has 0 spiro atoms. The summed E-state index contributed by atoms with van der Waals surface area (Å²) in [7, 11) is -9.51. The number of nitrogens with one attached hydrogen (secondary N) is 2. The molecule has 11 nitrogen and oxygen atoms in total. The zero-order valence-electron chi connectivity index (χ0n) is 16.8. The molecule has 4 N–H and O–H groups in total. The van der Waals surface area contributed by atoms with Gasteiger partial charge in [-0.15, -0.1) is 0 Å². The molecule has 13 heteroatoms. The highest BCUT2D eigenvalue weighted by Crippen LogP contribution is 2.27. The Bertz CT molecular complexity index is 1470. The van der Waals surface area contributed by atoms with E-state index in [-0.39, 0.29) is 28.0 Å². The van der Waals surface area contributed by atoms with E-state index in [0.717, 1.165) is 18.2 Å². The van der Waals surface area contributed by atoms with Crippen molar-refractivity contribution in [2.45, 2.75) is 16.7 Å². The van der Waals surface area contributed by atoms with Gasteiger partial charge in [-0.2, -0.15) is 16.8 Å². The first kappa shape index (κ1) is 24.0. The Hall–Kier alpha value is -3.65. The third kappa shape index (κ3) is 5.59. The predicted molar refractivity (Wildman–Crippen MR) is 117 cm³/mol. The Kier molecular flexibility index (Phi) is 6.33. The first-order valence-corrected chi connectivity index (χ1v) is 11.9. The summed E-state index contributed by atoms with van der Waals surface area (Å²) in [5.41, 5.74) is -0.0452. The van der Waals surface area contributed by atoms with Gasteiger partial charge in [-0.1, -0.05) is 30.4 Å². The van der Waals surface area contributed by atoms with Crippen molar-refractivity contribution in [1.82, 2.24) is 5.32 Å². The van der Waals surface area contributed by atoms with Crippen LogP contribution in [0.15, 0.2) is 52.3 Å². The minimum Gasteiger partial charge on any atom is -0.326 e. The van der Waals surface area contributed by atoms with Crippen LogP contribution in [0.5, 0.6) is 0 Å². The van der Waals surface area contributed by atoms with Crippen LogP contribution in [0.1, 0.15) is 23.6 Å². The van der Waals surface area contributed by atoms with Crippen LogP contribution in [0.4, 0.5) is 5.69 Å². The molecule has 0 saturated heterocycles. The second-order valence-corrected chi connectivity index (χ2v) is 9.63. The molecule has 1 heterocycles. The predicted octanol–water partition coefficient (Wildman–Crippen LogP) is 1.35. The Labute approximate surface area is 188 Å². The Morgan fingerprint density at radius 1 is 0.909 bits per heavy atom. The highest BCUT2D eigenvalue weighted by molar-refractivity contribution is 7.86. The maximum absolute atomic E-state index is 11.9. The standard InChI is InChI=1S/C20H16N2O9S2/c1-11(23)21-15-7-6-13(18(9-15)33(29,30)31)3-2-12-4-5-14(8-17(12)32(26,27)28)16-10-19(24)22-20(16)25/h2-10H,1H3,(H,21,23)(H,22,24,25)(H,26,27,28)(H,29,30,31). The van der Waals surface area contributed by atoms with E-state index >= 15 is 0 Å². The van der Waals surface area contributed by atoms with Crippen molar-refractivity contribution in [2.75, 3.05) is 5.32 Å². The summed E-state index contributed by atoms with van der Waals surface area (Å²) in [6.45, 7) is 1.21. The molecular formula is C20H16N2O9S2. The molecule has 1 aliphatic heterocycles. The second-order valence-electron chi connectivity index (χ2n) is 6.85. The van der Waals surface area contributed by atoms with Gasteiger partial charge in [0.1, 0.15) is 9.79 Å². The normalized spacial score (nSPS) is 14.3. The number of hydrogen-bond donors (Lipinski definition) is 4. The summed E-state index contributed by atoms with van der Waals surface area (Å²) in [6, 6.07) is 7.22. The second kappa shape index (κ2) is 8.71. The number of carbonyl (C=O) groups is 3. The molecule has 0 fully saturated rings. The van der Waals surface area contributed by atoms with Crippen molar-refractivity contribution in [3.8, 4) is 0 Å². The molecule has 0 atom stereocenters. The average molecular weight is 492 g/mol. The van der Waals surface area contributed by atoms with Crippen LogP contribution in [-0.2, 0) is 34.6 Å². The van der Waals surface area contributed by atoms with E-state index in [2.05, 4.69) is 5.32 Å². The smallest absolute Gasteiger partial charge is 0.295 e. The van der Waals surface area contributed by atoms with Crippen LogP contribution in [0.25, 0.3) is 17.7 Å². The third-order valence-corrected chi connectivity index (χ3v) is 6.23. The first-order valence-electron chi connectivity index (χ1n) is 9.02. The number of carbonyl (C=O) groups excluding carboxylic acids is 3. The van der Waals surface area contributed by atoms with Crippen LogP contribution < -0.4 is 10.6 Å². The summed E-state index contributed by atoms with van der Waals surface area (Å²) < 4.78 is 66.5. The van der Waals surface area contributed by atoms with Gasteiger partial charge >= 0.3 is 0 Å². The summed E-state index contributed by atoms with van der Waals surface area (Å²) in [5, 5.41) is 4.39. The van der Waals surface area contributed by atoms with E-state index in [1.807, 2.05) is 5.32 Å². The van der Waals surface area contributed by atoms with Gasteiger partial charge in [-0.3, -0.25) is 28.8 Å². The number of rotatable bonds is 6. The molecule has 2 aromatic carbocycles. The van der Waals surface area contributed by atoms with Gasteiger partial charge in [-0.05, 0) is 34.9 Å². The first-order chi connectivity index (χ1) is 15.3. The average Bonchev–Trinajstić information content (AvgIpc) is 3.03. The number of anilines is 1. The van der Waals surface area contributed by atoms with Crippen molar-refractivity contribution < 1.29 is 40.3 Å². The number of hydrogen-bond acceptors (Lipinski definition) is 7. The molecule has 0 bridgehead atoms. The zero-order chi connectivity index (χ0) is 24.6. The molecule has 2 aromatic rings. The van der Waals surface area contributed by atoms with Crippen molar-refractivity contribution in [2.24, 2.45) is 0 Å². The molecule has 0 aliphatic carbocycles. The van der Waals surface area contributed by atoms with Gasteiger partial charge in [0.05, 0.1) is 5.57 Å². The van der Waals surface area contributed by atoms with Crippen LogP contribution in [0, 0.1) is 0 Å². The van der Waals surface area contributed by atoms with E-state index in [0.29, 0.717) is 0 Å². The van der Waals surface area contributed by atoms with Gasteiger partial charge < -0.3 is 5.32 Å². The lowest BCUT2D eigenvalue weighted by Crippen LogP contribution is -2.21. The SMILES string of the molecule is CC(=O)Nc1ccc(C=Cc2ccc(C3=CC(=O)NC3=O)cc2S(=O)(=O)O)c(S(=O)(=O)O)c1. The van der Waals surface area contributed by atoms with Gasteiger partial charge in [0, 0.05) is 18.7 Å². The Morgan fingerprint density at radius 3 is 1.94 bits per heavy atom. The Balaban J connectivity index is 2.09. The molecule has 172 valence electrons. The molecule has 3 rings (SSSR count). The summed E-state index contributed by atoms with van der Waals surface area (Å²) >= 11 is 0. The lowest BCUT2D eigenvalue weighted by atomic mass is 10.0. The molecule has 0 unspecified atom stereocenters. The maximum atomic E-state index is 11.9. The quantitative estimate of drug-likeness (QED) is 0.262. The van der Waals surface area contributed by atoms with Crippen LogP contribution in [0.3, 0.4) is 0 Å². The highest BCUT2D eigenvalue weighted by atomic mass is 32.2. The van der Waals surface area contributed by atoms with Crippen molar-refractivity contribution in [3.63, 3.8) is 0 Å². The van der Waals surface area contributed by atoms with Gasteiger partial charge in [0.25, 0.3) is 32.1 Å². The van der Waals surface area contributed by atoms with E-state index in [1.54, 1.807) is 0 Å². The van der Waals surface area contributed by atoms with Crippen molar-refractivity contribution >= 4 is 61.4 Å². The molecule has 0 radical (unpaired) electrons. The fourth-order valence-electron chi connectivity index (χ4n) is 3.05. The summed E-state index contributed by atoms with van der Waals surface area (Å²) in [4.78, 5) is 33.2. The largest absolute Gasteiger partial charge is 0.326 e. The maximum Gasteiger partial charge on any atom is 0.295 e. The topological polar surface area (TPSA) is 184 Å². The van der Waals surface area contributed by atoms with Crippen molar-refractivity contribution in [1.29, 1.82) is 0 Å². The van der Waals surface area contributed by atoms with Gasteiger partial charge in [-0.25, -0.2) is 0 Å². The van der Waals surface area contributed by atoms with Crippen molar-refractivity contribution in [3.05, 3.63) is 59.2 Å². The van der Waals surface area contributed by atoms with E-state index in [1.165, 1.54) is 43.3 Å². The molecule has 3 amide bonds. The van der Waals surface area contributed by atoms with Crippen LogP contribution in [-0.4, -0.2) is 43.7 Å². The molecule has 0 saturated carbocycles. The third-order valence-electron chi connectivity index (χ3n) is 4.41. The number of benzene rings is 2. The van der Waals surface area contributed by atoms with E-state index < -0.39 is 47.7 Å². The molecule has 0 aromatic heterocycles. The summed E-state index contributed by atoms with van der Waals surface area (Å²) in [6.07, 6.45) is 3.33. The highest BCUT2D eigenvalue weighted by Gasteiger charge is 2.24. The number of amides is 3. The summed E-state index contributed by atoms with van der Waals surface area (Å²) in [5.74, 6) is -1.88. The minimum atomic E-state index is -4.79. The molecule has 1 aliphatic rings. The fraction of sp³-hybridized carbons (Fsp3) is 0.0500. The molecular weight excluding hydrogens is 476 g/mol. The van der Waals surface area contributed by atoms with E-state index in [9.17, 15) is 40.3 Å². The van der Waals surface area contributed by atoms with E-state index in [4.69, 9.17) is 0 Å².